The average molecular weight is 137 g/mol. The number of hydrogen-bond donors (Lipinski definition) is 0. The molecule has 0 aromatic carbocycles. The summed E-state index contributed by atoms with van der Waals surface area (Å²) in [5, 5.41) is 2.77. The van der Waals surface area contributed by atoms with Crippen LogP contribution >= 0.6 is 0 Å². The summed E-state index contributed by atoms with van der Waals surface area (Å²) in [6, 6.07) is -0.447. The van der Waals surface area contributed by atoms with Crippen molar-refractivity contribution in [2.24, 2.45) is 5.18 Å². The Morgan fingerprint density at radius 1 is 1.60 bits per heavy atom. The van der Waals surface area contributed by atoms with Gasteiger partial charge in [0.05, 0.1) is 0 Å². The fourth-order valence-electron chi connectivity index (χ4n) is 0.777. The standard InChI is InChI=1S/C7H7NO2/c1-5-4-6(8-10)2-3-7(5)9/h2-4,6H,1H3. The van der Waals surface area contributed by atoms with Crippen molar-refractivity contribution in [2.75, 3.05) is 0 Å². The minimum atomic E-state index is -0.447. The molecule has 0 bridgehead atoms. The lowest BCUT2D eigenvalue weighted by atomic mass is 10.0. The molecule has 10 heavy (non-hydrogen) atoms. The van der Waals surface area contributed by atoms with Crippen LogP contribution in [0.15, 0.2) is 29.0 Å². The van der Waals surface area contributed by atoms with E-state index in [1.54, 1.807) is 13.0 Å². The number of hydrogen-bond acceptors (Lipinski definition) is 3. The maximum absolute atomic E-state index is 10.8. The Balaban J connectivity index is 2.83. The summed E-state index contributed by atoms with van der Waals surface area (Å²) < 4.78 is 0. The normalized spacial score (nSPS) is 24.3. The molecule has 0 spiro atoms. The number of allylic oxidation sites excluding steroid dienone is 2. The second-order valence-corrected chi connectivity index (χ2v) is 2.17. The second kappa shape index (κ2) is 2.56. The van der Waals surface area contributed by atoms with Crippen LogP contribution in [0.25, 0.3) is 0 Å². The summed E-state index contributed by atoms with van der Waals surface area (Å²) in [5.41, 5.74) is 0.590. The van der Waals surface area contributed by atoms with Crippen molar-refractivity contribution in [1.29, 1.82) is 0 Å². The van der Waals surface area contributed by atoms with Gasteiger partial charge in [0.25, 0.3) is 0 Å². The SMILES string of the molecule is CC1=CC(N=O)C=CC1=O. The third-order valence-corrected chi connectivity index (χ3v) is 1.38. The smallest absolute Gasteiger partial charge is 0.181 e. The Hall–Kier alpha value is -1.25. The molecule has 0 saturated heterocycles. The van der Waals surface area contributed by atoms with Crippen LogP contribution in [0.3, 0.4) is 0 Å². The van der Waals surface area contributed by atoms with E-state index in [9.17, 15) is 9.70 Å². The summed E-state index contributed by atoms with van der Waals surface area (Å²) in [5.74, 6) is -0.0418. The molecule has 1 aliphatic rings. The lowest BCUT2D eigenvalue weighted by Crippen LogP contribution is -2.07. The molecule has 0 fully saturated rings. The Morgan fingerprint density at radius 2 is 2.30 bits per heavy atom. The molecule has 0 heterocycles. The third-order valence-electron chi connectivity index (χ3n) is 1.38. The van der Waals surface area contributed by atoms with Gasteiger partial charge in [0.1, 0.15) is 6.04 Å². The molecule has 1 aliphatic carbocycles. The third kappa shape index (κ3) is 1.18. The zero-order valence-corrected chi connectivity index (χ0v) is 5.57. The Kier molecular flexibility index (Phi) is 1.76. The van der Waals surface area contributed by atoms with Gasteiger partial charge in [0, 0.05) is 0 Å². The van der Waals surface area contributed by atoms with Gasteiger partial charge < -0.3 is 0 Å². The van der Waals surface area contributed by atoms with E-state index in [0.29, 0.717) is 5.57 Å². The van der Waals surface area contributed by atoms with E-state index in [-0.39, 0.29) is 5.78 Å². The number of nitrogens with zero attached hydrogens (tertiary/aromatic N) is 1. The van der Waals surface area contributed by atoms with Crippen LogP contribution in [0.5, 0.6) is 0 Å². The summed E-state index contributed by atoms with van der Waals surface area (Å²) in [6.45, 7) is 1.67. The van der Waals surface area contributed by atoms with E-state index in [1.807, 2.05) is 0 Å². The summed E-state index contributed by atoms with van der Waals surface area (Å²) in [7, 11) is 0. The number of carbonyl (C=O) groups is 1. The molecule has 0 amide bonds. The van der Waals surface area contributed by atoms with Gasteiger partial charge in [-0.1, -0.05) is 5.18 Å². The van der Waals surface area contributed by atoms with E-state index in [4.69, 9.17) is 0 Å². The van der Waals surface area contributed by atoms with E-state index in [0.717, 1.165) is 0 Å². The first-order valence-corrected chi connectivity index (χ1v) is 2.97. The molecule has 0 N–H and O–H groups in total. The first kappa shape index (κ1) is 6.86. The van der Waals surface area contributed by atoms with Crippen LogP contribution in [0.2, 0.25) is 0 Å². The predicted molar refractivity (Wildman–Crippen MR) is 37.5 cm³/mol. The van der Waals surface area contributed by atoms with Gasteiger partial charge in [-0.2, -0.15) is 0 Å². The molecular formula is C7H7NO2. The first-order chi connectivity index (χ1) is 4.74. The van der Waals surface area contributed by atoms with Crippen LogP contribution < -0.4 is 0 Å². The molecule has 0 saturated carbocycles. The zero-order chi connectivity index (χ0) is 7.56. The molecule has 3 nitrogen and oxygen atoms in total. The van der Waals surface area contributed by atoms with Crippen molar-refractivity contribution < 1.29 is 4.79 Å². The van der Waals surface area contributed by atoms with E-state index >= 15 is 0 Å². The molecule has 1 atom stereocenters. The maximum atomic E-state index is 10.8. The van der Waals surface area contributed by atoms with Gasteiger partial charge in [-0.05, 0) is 30.7 Å². The molecule has 0 aliphatic heterocycles. The fraction of sp³-hybridized carbons (Fsp3) is 0.286. The largest absolute Gasteiger partial charge is 0.290 e. The van der Waals surface area contributed by atoms with Gasteiger partial charge in [0.2, 0.25) is 0 Å². The Labute approximate surface area is 58.4 Å². The molecule has 52 valence electrons. The van der Waals surface area contributed by atoms with E-state index < -0.39 is 6.04 Å². The fourth-order valence-corrected chi connectivity index (χ4v) is 0.777. The highest BCUT2D eigenvalue weighted by molar-refractivity contribution is 6.04. The van der Waals surface area contributed by atoms with Crippen molar-refractivity contribution >= 4 is 5.78 Å². The van der Waals surface area contributed by atoms with Crippen molar-refractivity contribution in [3.05, 3.63) is 28.7 Å². The number of ketones is 1. The Morgan fingerprint density at radius 3 is 2.80 bits per heavy atom. The highest BCUT2D eigenvalue weighted by Crippen LogP contribution is 2.09. The van der Waals surface area contributed by atoms with Crippen molar-refractivity contribution in [1.82, 2.24) is 0 Å². The van der Waals surface area contributed by atoms with Crippen molar-refractivity contribution in [3.8, 4) is 0 Å². The topological polar surface area (TPSA) is 46.5 Å². The monoisotopic (exact) mass is 137 g/mol. The van der Waals surface area contributed by atoms with Crippen molar-refractivity contribution in [3.63, 3.8) is 0 Å². The molecule has 3 heteroatoms. The van der Waals surface area contributed by atoms with Gasteiger partial charge >= 0.3 is 0 Å². The second-order valence-electron chi connectivity index (χ2n) is 2.17. The first-order valence-electron chi connectivity index (χ1n) is 2.97. The molecule has 0 radical (unpaired) electrons. The highest BCUT2D eigenvalue weighted by Gasteiger charge is 2.10. The number of carbonyl (C=O) groups excluding carboxylic acids is 1. The molecule has 0 aromatic rings. The van der Waals surface area contributed by atoms with E-state index in [2.05, 4.69) is 5.18 Å². The minimum Gasteiger partial charge on any atom is -0.290 e. The van der Waals surface area contributed by atoms with E-state index in [1.165, 1.54) is 12.2 Å². The Bertz CT molecular complexity index is 228. The predicted octanol–water partition coefficient (Wildman–Crippen LogP) is 1.21. The van der Waals surface area contributed by atoms with Crippen LogP contribution in [0, 0.1) is 4.91 Å². The lowest BCUT2D eigenvalue weighted by molar-refractivity contribution is -0.111. The van der Waals surface area contributed by atoms with Gasteiger partial charge in [-0.15, -0.1) is 4.91 Å². The maximum Gasteiger partial charge on any atom is 0.181 e. The van der Waals surface area contributed by atoms with Crippen LogP contribution in [-0.4, -0.2) is 11.8 Å². The van der Waals surface area contributed by atoms with Gasteiger partial charge in [-0.25, -0.2) is 0 Å². The quantitative estimate of drug-likeness (QED) is 0.510. The van der Waals surface area contributed by atoms with Crippen LogP contribution in [0.1, 0.15) is 6.92 Å². The number of nitroso groups, excluding NO2 is 1. The molecular weight excluding hydrogens is 130 g/mol. The molecule has 0 aromatic heterocycles. The van der Waals surface area contributed by atoms with Gasteiger partial charge in [0.15, 0.2) is 5.78 Å². The minimum absolute atomic E-state index is 0.0418. The summed E-state index contributed by atoms with van der Waals surface area (Å²) in [4.78, 5) is 20.7. The number of rotatable bonds is 1. The average Bonchev–Trinajstić information content (AvgIpc) is 1.95. The highest BCUT2D eigenvalue weighted by atomic mass is 16.3. The van der Waals surface area contributed by atoms with Crippen LogP contribution in [-0.2, 0) is 4.79 Å². The molecule has 1 unspecified atom stereocenters. The summed E-state index contributed by atoms with van der Waals surface area (Å²) >= 11 is 0. The molecule has 1 rings (SSSR count). The van der Waals surface area contributed by atoms with Crippen LogP contribution in [0.4, 0.5) is 0 Å². The summed E-state index contributed by atoms with van der Waals surface area (Å²) in [6.07, 6.45) is 4.42. The van der Waals surface area contributed by atoms with Crippen molar-refractivity contribution in [2.45, 2.75) is 13.0 Å². The lowest BCUT2D eigenvalue weighted by Gasteiger charge is -2.03. The van der Waals surface area contributed by atoms with Gasteiger partial charge in [-0.3, -0.25) is 4.79 Å². The zero-order valence-electron chi connectivity index (χ0n) is 5.57.